The van der Waals surface area contributed by atoms with Crippen molar-refractivity contribution >= 4 is 17.7 Å². The van der Waals surface area contributed by atoms with Gasteiger partial charge in [0.25, 0.3) is 5.88 Å². The van der Waals surface area contributed by atoms with E-state index in [0.717, 1.165) is 22.3 Å². The molecule has 1 aliphatic rings. The fourth-order valence-corrected chi connectivity index (χ4v) is 4.21. The lowest BCUT2D eigenvalue weighted by Crippen LogP contribution is -2.58. The number of aryl methyl sites for hydroxylation is 1. The molecule has 1 aliphatic heterocycles. The van der Waals surface area contributed by atoms with Gasteiger partial charge in [-0.2, -0.15) is 4.98 Å². The minimum atomic E-state index is -1.25. The number of carbonyl (C=O) groups excluding carboxylic acids is 1. The molecular formula is C26H26F2N4O4. The van der Waals surface area contributed by atoms with Gasteiger partial charge in [-0.3, -0.25) is 4.79 Å². The molecule has 0 saturated carbocycles. The number of carboxylic acids is 1. The zero-order valence-corrected chi connectivity index (χ0v) is 19.9. The van der Waals surface area contributed by atoms with Crippen LogP contribution in [0.15, 0.2) is 48.5 Å². The lowest BCUT2D eigenvalue weighted by atomic mass is 10.0. The van der Waals surface area contributed by atoms with Gasteiger partial charge in [0.2, 0.25) is 5.91 Å². The van der Waals surface area contributed by atoms with Gasteiger partial charge < -0.3 is 25.4 Å². The van der Waals surface area contributed by atoms with Crippen molar-refractivity contribution in [1.82, 2.24) is 9.88 Å². The van der Waals surface area contributed by atoms with E-state index in [1.54, 1.807) is 12.1 Å². The first-order valence-electron chi connectivity index (χ1n) is 11.4. The molecule has 36 heavy (non-hydrogen) atoms. The van der Waals surface area contributed by atoms with Gasteiger partial charge in [0.15, 0.2) is 17.5 Å². The third-order valence-corrected chi connectivity index (χ3v) is 6.02. The summed E-state index contributed by atoms with van der Waals surface area (Å²) in [6.45, 7) is 3.61. The van der Waals surface area contributed by atoms with Crippen molar-refractivity contribution in [1.29, 1.82) is 0 Å². The Morgan fingerprint density at radius 2 is 1.89 bits per heavy atom. The Hall–Kier alpha value is -4.05. The van der Waals surface area contributed by atoms with E-state index in [9.17, 15) is 23.5 Å². The van der Waals surface area contributed by atoms with E-state index in [2.05, 4.69) is 4.98 Å². The quantitative estimate of drug-likeness (QED) is 0.536. The lowest BCUT2D eigenvalue weighted by molar-refractivity contribution is -0.141. The number of nitrogens with zero attached hydrogens (tertiary/aromatic N) is 3. The second kappa shape index (κ2) is 10.3. The fraction of sp³-hybridized carbons (Fsp3) is 0.269. The predicted molar refractivity (Wildman–Crippen MR) is 130 cm³/mol. The highest BCUT2D eigenvalue weighted by atomic mass is 19.1. The number of hydrogen-bond donors (Lipinski definition) is 2. The van der Waals surface area contributed by atoms with Crippen LogP contribution in [-0.2, 0) is 16.1 Å². The van der Waals surface area contributed by atoms with Crippen LogP contribution in [0.4, 0.5) is 14.6 Å². The Bertz CT molecular complexity index is 1320. The Morgan fingerprint density at radius 3 is 2.58 bits per heavy atom. The smallest absolute Gasteiger partial charge is 0.328 e. The number of carbonyl (C=O) groups is 2. The minimum absolute atomic E-state index is 0.0115. The molecule has 0 aliphatic carbocycles. The van der Waals surface area contributed by atoms with E-state index < -0.39 is 29.5 Å². The molecule has 3 N–H and O–H groups in total. The summed E-state index contributed by atoms with van der Waals surface area (Å²) >= 11 is 0. The summed E-state index contributed by atoms with van der Waals surface area (Å²) in [5.74, 6) is -4.16. The van der Waals surface area contributed by atoms with Crippen LogP contribution < -0.4 is 15.4 Å². The molecular weight excluding hydrogens is 470 g/mol. The normalized spacial score (nSPS) is 15.6. The monoisotopic (exact) mass is 496 g/mol. The molecule has 0 bridgehead atoms. The molecule has 0 radical (unpaired) electrons. The number of nitrogens with two attached hydrogens (primary N) is 1. The molecule has 10 heteroatoms. The van der Waals surface area contributed by atoms with Crippen molar-refractivity contribution in [2.45, 2.75) is 26.4 Å². The molecule has 1 amide bonds. The summed E-state index contributed by atoms with van der Waals surface area (Å²) in [5, 5.41) is 9.68. The fourth-order valence-electron chi connectivity index (χ4n) is 4.21. The van der Waals surface area contributed by atoms with Gasteiger partial charge in [-0.25, -0.2) is 13.6 Å². The molecule has 1 fully saturated rings. The molecule has 1 unspecified atom stereocenters. The average Bonchev–Trinajstić information content (AvgIpc) is 2.85. The minimum Gasteiger partial charge on any atom is -0.480 e. The van der Waals surface area contributed by atoms with Crippen LogP contribution in [0.3, 0.4) is 0 Å². The first kappa shape index (κ1) is 25.1. The highest BCUT2D eigenvalue weighted by Gasteiger charge is 2.36. The SMILES string of the molecule is CC(=O)N1CCN(c2nc(Oc3cc(C)cc(-c4cccc(CN)c4)c3)c(F)cc2F)C(C(=O)O)C1. The number of amides is 1. The molecule has 1 atom stereocenters. The number of halogens is 2. The van der Waals surface area contributed by atoms with Crippen LogP contribution in [0.2, 0.25) is 0 Å². The number of rotatable bonds is 6. The maximum Gasteiger partial charge on any atom is 0.328 e. The summed E-state index contributed by atoms with van der Waals surface area (Å²) in [4.78, 5) is 30.2. The molecule has 4 rings (SSSR count). The van der Waals surface area contributed by atoms with Crippen LogP contribution in [0, 0.1) is 18.6 Å². The first-order chi connectivity index (χ1) is 17.2. The van der Waals surface area contributed by atoms with Gasteiger partial charge in [-0.05, 0) is 47.4 Å². The molecule has 8 nitrogen and oxygen atoms in total. The molecule has 3 aromatic rings. The van der Waals surface area contributed by atoms with Crippen molar-refractivity contribution in [2.24, 2.45) is 5.73 Å². The number of aliphatic carboxylic acids is 1. The van der Waals surface area contributed by atoms with E-state index in [-0.39, 0.29) is 37.1 Å². The Labute approximate surface area is 206 Å². The number of benzene rings is 2. The number of carboxylic acid groups (broad SMARTS) is 1. The molecule has 0 spiro atoms. The number of hydrogen-bond acceptors (Lipinski definition) is 6. The third kappa shape index (κ3) is 5.28. The van der Waals surface area contributed by atoms with Gasteiger partial charge in [0.1, 0.15) is 11.8 Å². The number of pyridine rings is 1. The second-order valence-electron chi connectivity index (χ2n) is 8.63. The van der Waals surface area contributed by atoms with Crippen LogP contribution in [-0.4, -0.2) is 52.5 Å². The van der Waals surface area contributed by atoms with E-state index in [1.807, 2.05) is 37.3 Å². The van der Waals surface area contributed by atoms with E-state index >= 15 is 0 Å². The van der Waals surface area contributed by atoms with Crippen molar-refractivity contribution in [2.75, 3.05) is 24.5 Å². The van der Waals surface area contributed by atoms with Crippen LogP contribution >= 0.6 is 0 Å². The van der Waals surface area contributed by atoms with Crippen molar-refractivity contribution in [3.63, 3.8) is 0 Å². The lowest BCUT2D eigenvalue weighted by Gasteiger charge is -2.39. The molecule has 188 valence electrons. The van der Waals surface area contributed by atoms with E-state index in [0.29, 0.717) is 12.6 Å². The van der Waals surface area contributed by atoms with Gasteiger partial charge >= 0.3 is 5.97 Å². The zero-order valence-electron chi connectivity index (χ0n) is 19.9. The van der Waals surface area contributed by atoms with Gasteiger partial charge in [-0.15, -0.1) is 0 Å². The second-order valence-corrected chi connectivity index (χ2v) is 8.63. The van der Waals surface area contributed by atoms with Gasteiger partial charge in [0, 0.05) is 32.6 Å². The van der Waals surface area contributed by atoms with E-state index in [1.165, 1.54) is 16.7 Å². The summed E-state index contributed by atoms with van der Waals surface area (Å²) in [5.41, 5.74) is 9.25. The number of anilines is 1. The largest absolute Gasteiger partial charge is 0.480 e. The summed E-state index contributed by atoms with van der Waals surface area (Å²) in [6.07, 6.45) is 0. The summed E-state index contributed by atoms with van der Waals surface area (Å²) < 4.78 is 35.2. The maximum atomic E-state index is 14.8. The van der Waals surface area contributed by atoms with E-state index in [4.69, 9.17) is 10.5 Å². The maximum absolute atomic E-state index is 14.8. The average molecular weight is 497 g/mol. The van der Waals surface area contributed by atoms with Crippen LogP contribution in [0.25, 0.3) is 11.1 Å². The molecule has 1 saturated heterocycles. The highest BCUT2D eigenvalue weighted by Crippen LogP contribution is 2.33. The summed E-state index contributed by atoms with van der Waals surface area (Å²) in [7, 11) is 0. The first-order valence-corrected chi connectivity index (χ1v) is 11.4. The molecule has 2 heterocycles. The highest BCUT2D eigenvalue weighted by molar-refractivity contribution is 5.81. The Morgan fingerprint density at radius 1 is 1.11 bits per heavy atom. The Kier molecular flexibility index (Phi) is 7.16. The van der Waals surface area contributed by atoms with Crippen LogP contribution in [0.5, 0.6) is 11.6 Å². The van der Waals surface area contributed by atoms with Crippen molar-refractivity contribution in [3.8, 4) is 22.8 Å². The topological polar surface area (TPSA) is 109 Å². The number of piperazine rings is 1. The van der Waals surface area contributed by atoms with Gasteiger partial charge in [-0.1, -0.05) is 24.3 Å². The third-order valence-electron chi connectivity index (χ3n) is 6.02. The Balaban J connectivity index is 1.67. The standard InChI is InChI=1S/C26H26F2N4O4/c1-15-8-19(18-5-3-4-17(10-18)13-29)11-20(9-15)36-25-22(28)12-21(27)24(30-25)32-7-6-31(16(2)33)14-23(32)26(34)35/h3-5,8-12,23H,6-7,13-14,29H2,1-2H3,(H,34,35). The number of aromatic nitrogens is 1. The van der Waals surface area contributed by atoms with Crippen molar-refractivity contribution < 1.29 is 28.2 Å². The predicted octanol–water partition coefficient (Wildman–Crippen LogP) is 3.71. The molecule has 2 aromatic carbocycles. The zero-order chi connectivity index (χ0) is 26.0. The van der Waals surface area contributed by atoms with Gasteiger partial charge in [0.05, 0.1) is 6.54 Å². The number of ether oxygens (including phenoxy) is 1. The summed E-state index contributed by atoms with van der Waals surface area (Å²) in [6, 6.07) is 12.4. The molecule has 1 aromatic heterocycles. The van der Waals surface area contributed by atoms with Crippen molar-refractivity contribution in [3.05, 3.63) is 71.3 Å². The van der Waals surface area contributed by atoms with Crippen LogP contribution in [0.1, 0.15) is 18.1 Å².